The van der Waals surface area contributed by atoms with Crippen LogP contribution in [0.1, 0.15) is 51.4 Å². The quantitative estimate of drug-likeness (QED) is 0.621. The molecule has 2 heterocycles. The van der Waals surface area contributed by atoms with Crippen LogP contribution in [-0.2, 0) is 14.2 Å². The summed E-state index contributed by atoms with van der Waals surface area (Å²) in [5, 5.41) is 0.118. The van der Waals surface area contributed by atoms with Gasteiger partial charge in [0, 0.05) is 26.1 Å². The summed E-state index contributed by atoms with van der Waals surface area (Å²) in [4.78, 5) is 0. The minimum Gasteiger partial charge on any atom is -0.378 e. The highest BCUT2D eigenvalue weighted by atomic mass is 79.9. The highest BCUT2D eigenvalue weighted by Crippen LogP contribution is 2.26. The zero-order valence-corrected chi connectivity index (χ0v) is 14.5. The third kappa shape index (κ3) is 6.42. The van der Waals surface area contributed by atoms with Gasteiger partial charge in [0.25, 0.3) is 0 Å². The normalized spacial score (nSPS) is 31.9. The summed E-state index contributed by atoms with van der Waals surface area (Å²) >= 11 is 7.21. The van der Waals surface area contributed by atoms with Crippen molar-refractivity contribution in [1.82, 2.24) is 0 Å². The van der Waals surface area contributed by atoms with Gasteiger partial charge in [-0.05, 0) is 38.5 Å². The first-order valence-electron chi connectivity index (χ1n) is 7.41. The molecule has 3 nitrogen and oxygen atoms in total. The van der Waals surface area contributed by atoms with E-state index in [0.29, 0.717) is 12.2 Å². The zero-order chi connectivity index (χ0) is 13.5. The summed E-state index contributed by atoms with van der Waals surface area (Å²) < 4.78 is 17.4. The summed E-state index contributed by atoms with van der Waals surface area (Å²) in [5.74, 6) is 0. The molecule has 0 aromatic heterocycles. The Balaban J connectivity index is 1.61. The lowest BCUT2D eigenvalue weighted by Crippen LogP contribution is -2.27. The van der Waals surface area contributed by atoms with Gasteiger partial charge in [-0.15, -0.1) is 0 Å². The van der Waals surface area contributed by atoms with E-state index in [1.807, 2.05) is 0 Å². The minimum absolute atomic E-state index is 0.0589. The maximum atomic E-state index is 5.93. The average molecular weight is 400 g/mol. The molecule has 0 saturated carbocycles. The molecule has 2 aliphatic heterocycles. The van der Waals surface area contributed by atoms with Crippen LogP contribution >= 0.6 is 31.9 Å². The number of hydrogen-bond acceptors (Lipinski definition) is 3. The SMILES string of the molecule is BrC(CC1CCCCO1)OC(Br)CC1CCCCO1. The van der Waals surface area contributed by atoms with Crippen molar-refractivity contribution in [2.75, 3.05) is 13.2 Å². The molecule has 0 aromatic carbocycles. The molecule has 2 aliphatic rings. The molecule has 4 atom stereocenters. The summed E-state index contributed by atoms with van der Waals surface area (Å²) in [6, 6.07) is 0. The Morgan fingerprint density at radius 1 is 0.842 bits per heavy atom. The van der Waals surface area contributed by atoms with E-state index in [1.165, 1.54) is 25.7 Å². The fourth-order valence-corrected chi connectivity index (χ4v) is 4.32. The standard InChI is InChI=1S/C14H24Br2O3/c15-13(9-11-5-1-3-7-17-11)19-14(16)10-12-6-2-4-8-18-12/h11-14H,1-10H2. The van der Waals surface area contributed by atoms with E-state index in [0.717, 1.165) is 38.9 Å². The molecule has 112 valence electrons. The summed E-state index contributed by atoms with van der Waals surface area (Å²) in [6.45, 7) is 1.80. The van der Waals surface area contributed by atoms with Crippen LogP contribution in [0.5, 0.6) is 0 Å². The lowest BCUT2D eigenvalue weighted by atomic mass is 10.1. The Morgan fingerprint density at radius 3 is 1.68 bits per heavy atom. The van der Waals surface area contributed by atoms with Gasteiger partial charge in [0.2, 0.25) is 0 Å². The molecule has 0 spiro atoms. The average Bonchev–Trinajstić information content (AvgIpc) is 2.40. The third-order valence-corrected chi connectivity index (χ3v) is 4.92. The molecule has 2 saturated heterocycles. The number of halogens is 2. The van der Waals surface area contributed by atoms with Gasteiger partial charge in [0.05, 0.1) is 12.2 Å². The largest absolute Gasteiger partial charge is 0.378 e. The topological polar surface area (TPSA) is 27.7 Å². The van der Waals surface area contributed by atoms with Crippen LogP contribution in [0.3, 0.4) is 0 Å². The van der Waals surface area contributed by atoms with E-state index < -0.39 is 0 Å². The van der Waals surface area contributed by atoms with Crippen LogP contribution in [0.25, 0.3) is 0 Å². The number of hydrogen-bond donors (Lipinski definition) is 0. The Bertz CT molecular complexity index is 217. The fourth-order valence-electron chi connectivity index (χ4n) is 2.67. The zero-order valence-electron chi connectivity index (χ0n) is 11.4. The molecule has 0 aliphatic carbocycles. The maximum Gasteiger partial charge on any atom is 0.116 e. The van der Waals surface area contributed by atoms with Crippen LogP contribution in [-0.4, -0.2) is 35.4 Å². The van der Waals surface area contributed by atoms with E-state index >= 15 is 0 Å². The van der Waals surface area contributed by atoms with Gasteiger partial charge in [-0.3, -0.25) is 0 Å². The predicted octanol–water partition coefficient (Wildman–Crippen LogP) is 4.36. The number of ether oxygens (including phenoxy) is 3. The molecular weight excluding hydrogens is 376 g/mol. The Labute approximate surface area is 133 Å². The van der Waals surface area contributed by atoms with Crippen LogP contribution in [0.15, 0.2) is 0 Å². The van der Waals surface area contributed by atoms with Gasteiger partial charge in [-0.25, -0.2) is 0 Å². The number of alkyl halides is 2. The minimum atomic E-state index is 0.0589. The first-order valence-corrected chi connectivity index (χ1v) is 9.24. The van der Waals surface area contributed by atoms with Crippen molar-refractivity contribution in [1.29, 1.82) is 0 Å². The van der Waals surface area contributed by atoms with Crippen molar-refractivity contribution < 1.29 is 14.2 Å². The van der Waals surface area contributed by atoms with E-state index in [-0.39, 0.29) is 10.0 Å². The van der Waals surface area contributed by atoms with Gasteiger partial charge in [0.15, 0.2) is 0 Å². The fraction of sp³-hybridized carbons (Fsp3) is 1.00. The second-order valence-electron chi connectivity index (χ2n) is 5.40. The van der Waals surface area contributed by atoms with E-state index in [2.05, 4.69) is 31.9 Å². The molecule has 0 radical (unpaired) electrons. The summed E-state index contributed by atoms with van der Waals surface area (Å²) in [6.07, 6.45) is 9.81. The lowest BCUT2D eigenvalue weighted by Gasteiger charge is -2.28. The molecular formula is C14H24Br2O3. The van der Waals surface area contributed by atoms with Gasteiger partial charge in [0.1, 0.15) is 10.0 Å². The Hall–Kier alpha value is 0.840. The monoisotopic (exact) mass is 398 g/mol. The highest BCUT2D eigenvalue weighted by molar-refractivity contribution is 9.10. The van der Waals surface area contributed by atoms with Crippen molar-refractivity contribution in [2.24, 2.45) is 0 Å². The molecule has 2 rings (SSSR count). The molecule has 5 heteroatoms. The van der Waals surface area contributed by atoms with Gasteiger partial charge in [-0.2, -0.15) is 0 Å². The highest BCUT2D eigenvalue weighted by Gasteiger charge is 2.23. The van der Waals surface area contributed by atoms with Crippen molar-refractivity contribution >= 4 is 31.9 Å². The lowest BCUT2D eigenvalue weighted by molar-refractivity contribution is -0.0356. The van der Waals surface area contributed by atoms with Crippen LogP contribution in [0.2, 0.25) is 0 Å². The van der Waals surface area contributed by atoms with E-state index in [4.69, 9.17) is 14.2 Å². The number of rotatable bonds is 6. The molecule has 19 heavy (non-hydrogen) atoms. The summed E-state index contributed by atoms with van der Waals surface area (Å²) in [7, 11) is 0. The van der Waals surface area contributed by atoms with Crippen molar-refractivity contribution in [2.45, 2.75) is 73.6 Å². The van der Waals surface area contributed by atoms with Gasteiger partial charge >= 0.3 is 0 Å². The first kappa shape index (κ1) is 16.2. The van der Waals surface area contributed by atoms with E-state index in [9.17, 15) is 0 Å². The Morgan fingerprint density at radius 2 is 1.32 bits per heavy atom. The first-order chi connectivity index (χ1) is 9.24. The van der Waals surface area contributed by atoms with Crippen LogP contribution < -0.4 is 0 Å². The molecule has 2 fully saturated rings. The second kappa shape index (κ2) is 8.98. The maximum absolute atomic E-state index is 5.93. The summed E-state index contributed by atoms with van der Waals surface area (Å²) in [5.41, 5.74) is 0. The smallest absolute Gasteiger partial charge is 0.116 e. The van der Waals surface area contributed by atoms with Crippen molar-refractivity contribution in [3.63, 3.8) is 0 Å². The van der Waals surface area contributed by atoms with Crippen LogP contribution in [0, 0.1) is 0 Å². The molecule has 0 aromatic rings. The van der Waals surface area contributed by atoms with E-state index in [1.54, 1.807) is 0 Å². The predicted molar refractivity (Wildman–Crippen MR) is 82.9 cm³/mol. The molecule has 0 amide bonds. The molecule has 4 unspecified atom stereocenters. The third-order valence-electron chi connectivity index (χ3n) is 3.74. The van der Waals surface area contributed by atoms with Crippen LogP contribution in [0.4, 0.5) is 0 Å². The van der Waals surface area contributed by atoms with Crippen molar-refractivity contribution in [3.8, 4) is 0 Å². The Kier molecular flexibility index (Phi) is 7.66. The van der Waals surface area contributed by atoms with Crippen molar-refractivity contribution in [3.05, 3.63) is 0 Å². The molecule has 0 N–H and O–H groups in total. The molecule has 0 bridgehead atoms. The van der Waals surface area contributed by atoms with Gasteiger partial charge in [-0.1, -0.05) is 31.9 Å². The second-order valence-corrected chi connectivity index (χ2v) is 7.45. The van der Waals surface area contributed by atoms with Gasteiger partial charge < -0.3 is 14.2 Å².